The molecule has 4 aromatic rings. The highest BCUT2D eigenvalue weighted by atomic mass is 16.4. The first-order chi connectivity index (χ1) is 15.0. The molecule has 0 unspecified atom stereocenters. The molecule has 0 spiro atoms. The van der Waals surface area contributed by atoms with E-state index in [4.69, 9.17) is 5.11 Å². The number of hydrogen-bond donors (Lipinski definition) is 2. The van der Waals surface area contributed by atoms with Crippen LogP contribution in [-0.2, 0) is 17.9 Å². The molecule has 7 heteroatoms. The third-order valence-corrected chi connectivity index (χ3v) is 4.92. The van der Waals surface area contributed by atoms with Crippen LogP contribution in [0.25, 0.3) is 22.0 Å². The van der Waals surface area contributed by atoms with Gasteiger partial charge < -0.3 is 10.4 Å². The Labute approximate surface area is 177 Å². The van der Waals surface area contributed by atoms with Gasteiger partial charge in [-0.05, 0) is 34.5 Å². The normalized spacial score (nSPS) is 10.7. The molecule has 0 aliphatic heterocycles. The minimum Gasteiger partial charge on any atom is -0.478 e. The van der Waals surface area contributed by atoms with Crippen molar-refractivity contribution in [2.75, 3.05) is 0 Å². The Morgan fingerprint density at radius 2 is 1.65 bits per heavy atom. The number of carbonyl (C=O) groups is 2. The van der Waals surface area contributed by atoms with Crippen molar-refractivity contribution in [2.45, 2.75) is 13.1 Å². The number of rotatable bonds is 6. The number of carbonyl (C=O) groups excluding carboxylic acids is 1. The summed E-state index contributed by atoms with van der Waals surface area (Å²) in [6, 6.07) is 23.0. The predicted molar refractivity (Wildman–Crippen MR) is 117 cm³/mol. The van der Waals surface area contributed by atoms with Gasteiger partial charge in [0.15, 0.2) is 0 Å². The van der Waals surface area contributed by atoms with Gasteiger partial charge in [-0.15, -0.1) is 0 Å². The Morgan fingerprint density at radius 3 is 2.42 bits per heavy atom. The number of aromatic nitrogens is 2. The number of fused-ring (bicyclic) bond motifs is 1. The highest BCUT2D eigenvalue weighted by molar-refractivity contribution is 5.95. The number of hydrogen-bond acceptors (Lipinski definition) is 4. The second kappa shape index (κ2) is 8.62. The maximum absolute atomic E-state index is 12.4. The van der Waals surface area contributed by atoms with Crippen LogP contribution in [0.3, 0.4) is 0 Å². The molecular formula is C24H19N3O4. The van der Waals surface area contributed by atoms with Crippen LogP contribution in [0.15, 0.2) is 83.7 Å². The molecule has 0 bridgehead atoms. The fraction of sp³-hybridized carbons (Fsp3) is 0.0833. The zero-order chi connectivity index (χ0) is 21.8. The van der Waals surface area contributed by atoms with Crippen LogP contribution in [0.2, 0.25) is 0 Å². The third-order valence-electron chi connectivity index (χ3n) is 4.92. The highest BCUT2D eigenvalue weighted by Gasteiger charge is 2.10. The largest absolute Gasteiger partial charge is 0.478 e. The van der Waals surface area contributed by atoms with Gasteiger partial charge in [0.25, 0.3) is 5.56 Å². The van der Waals surface area contributed by atoms with Crippen molar-refractivity contribution in [1.82, 2.24) is 15.1 Å². The first-order valence-corrected chi connectivity index (χ1v) is 9.66. The average molecular weight is 413 g/mol. The van der Waals surface area contributed by atoms with E-state index in [0.29, 0.717) is 5.69 Å². The van der Waals surface area contributed by atoms with Crippen LogP contribution < -0.4 is 10.9 Å². The molecule has 0 saturated heterocycles. The molecule has 4 rings (SSSR count). The number of aromatic carboxylic acids is 1. The first kappa shape index (κ1) is 20.0. The molecule has 1 amide bonds. The van der Waals surface area contributed by atoms with E-state index in [0.717, 1.165) is 26.6 Å². The summed E-state index contributed by atoms with van der Waals surface area (Å²) >= 11 is 0. The van der Waals surface area contributed by atoms with E-state index < -0.39 is 5.97 Å². The minimum atomic E-state index is -1.01. The predicted octanol–water partition coefficient (Wildman–Crippen LogP) is 3.08. The molecule has 0 fully saturated rings. The number of amides is 1. The van der Waals surface area contributed by atoms with Crippen LogP contribution >= 0.6 is 0 Å². The zero-order valence-electron chi connectivity index (χ0n) is 16.5. The van der Waals surface area contributed by atoms with E-state index in [9.17, 15) is 14.4 Å². The fourth-order valence-electron chi connectivity index (χ4n) is 3.31. The van der Waals surface area contributed by atoms with E-state index in [-0.39, 0.29) is 30.1 Å². The summed E-state index contributed by atoms with van der Waals surface area (Å²) in [5, 5.41) is 18.1. The molecule has 0 saturated carbocycles. The Morgan fingerprint density at radius 1 is 0.903 bits per heavy atom. The van der Waals surface area contributed by atoms with Crippen molar-refractivity contribution in [3.63, 3.8) is 0 Å². The summed E-state index contributed by atoms with van der Waals surface area (Å²) in [6.07, 6.45) is 0. The second-order valence-corrected chi connectivity index (χ2v) is 7.02. The van der Waals surface area contributed by atoms with E-state index in [1.54, 1.807) is 18.2 Å². The average Bonchev–Trinajstić information content (AvgIpc) is 2.79. The molecule has 3 aromatic carbocycles. The number of nitrogens with one attached hydrogen (secondary N) is 1. The minimum absolute atomic E-state index is 0.177. The van der Waals surface area contributed by atoms with Crippen LogP contribution in [0, 0.1) is 0 Å². The number of carboxylic acids is 1. The lowest BCUT2D eigenvalue weighted by Crippen LogP contribution is -2.33. The maximum Gasteiger partial charge on any atom is 0.335 e. The smallest absolute Gasteiger partial charge is 0.335 e. The summed E-state index contributed by atoms with van der Waals surface area (Å²) in [5.41, 5.74) is 2.04. The summed E-state index contributed by atoms with van der Waals surface area (Å²) < 4.78 is 1.14. The van der Waals surface area contributed by atoms with Crippen molar-refractivity contribution >= 4 is 22.6 Å². The van der Waals surface area contributed by atoms with Crippen molar-refractivity contribution in [3.8, 4) is 11.3 Å². The van der Waals surface area contributed by atoms with Crippen molar-refractivity contribution in [2.24, 2.45) is 0 Å². The zero-order valence-corrected chi connectivity index (χ0v) is 16.5. The Hall–Kier alpha value is -4.26. The molecule has 2 N–H and O–H groups in total. The number of benzene rings is 3. The van der Waals surface area contributed by atoms with Gasteiger partial charge in [0.2, 0.25) is 5.91 Å². The summed E-state index contributed by atoms with van der Waals surface area (Å²) in [7, 11) is 0. The summed E-state index contributed by atoms with van der Waals surface area (Å²) in [4.78, 5) is 35.5. The number of carboxylic acid groups (broad SMARTS) is 1. The van der Waals surface area contributed by atoms with Gasteiger partial charge >= 0.3 is 5.97 Å². The lowest BCUT2D eigenvalue weighted by Gasteiger charge is -2.10. The fourth-order valence-corrected chi connectivity index (χ4v) is 3.31. The molecule has 154 valence electrons. The van der Waals surface area contributed by atoms with Crippen LogP contribution in [0.4, 0.5) is 0 Å². The third kappa shape index (κ3) is 4.51. The quantitative estimate of drug-likeness (QED) is 0.506. The Bertz CT molecular complexity index is 1320. The molecule has 0 radical (unpaired) electrons. The molecule has 1 heterocycles. The van der Waals surface area contributed by atoms with Crippen LogP contribution in [-0.4, -0.2) is 26.8 Å². The summed E-state index contributed by atoms with van der Waals surface area (Å²) in [6.45, 7) is 0.00114. The van der Waals surface area contributed by atoms with Gasteiger partial charge in [-0.1, -0.05) is 54.6 Å². The Kier molecular flexibility index (Phi) is 5.57. The maximum atomic E-state index is 12.4. The summed E-state index contributed by atoms with van der Waals surface area (Å²) in [5.74, 6) is -1.38. The van der Waals surface area contributed by atoms with Crippen LogP contribution in [0.5, 0.6) is 0 Å². The van der Waals surface area contributed by atoms with Crippen molar-refractivity contribution in [1.29, 1.82) is 0 Å². The molecule has 1 aromatic heterocycles. The molecule has 0 aliphatic carbocycles. The highest BCUT2D eigenvalue weighted by Crippen LogP contribution is 2.26. The van der Waals surface area contributed by atoms with E-state index in [1.165, 1.54) is 18.2 Å². The lowest BCUT2D eigenvalue weighted by molar-refractivity contribution is -0.122. The SMILES string of the molecule is O=C(Cn1nc(-c2cccc3ccccc23)ccc1=O)NCc1ccc(C(=O)O)cc1. The van der Waals surface area contributed by atoms with Gasteiger partial charge in [-0.25, -0.2) is 9.48 Å². The van der Waals surface area contributed by atoms with Crippen molar-refractivity contribution in [3.05, 3.63) is 100 Å². The van der Waals surface area contributed by atoms with Gasteiger partial charge in [0.05, 0.1) is 11.3 Å². The molecule has 0 atom stereocenters. The first-order valence-electron chi connectivity index (χ1n) is 9.66. The van der Waals surface area contributed by atoms with Crippen molar-refractivity contribution < 1.29 is 14.7 Å². The molecular weight excluding hydrogens is 394 g/mol. The van der Waals surface area contributed by atoms with Gasteiger partial charge in [0, 0.05) is 18.2 Å². The van der Waals surface area contributed by atoms with Gasteiger partial charge in [-0.3, -0.25) is 9.59 Å². The molecule has 7 nitrogen and oxygen atoms in total. The van der Waals surface area contributed by atoms with E-state index in [2.05, 4.69) is 10.4 Å². The Balaban J connectivity index is 1.50. The van der Waals surface area contributed by atoms with Gasteiger partial charge in [0.1, 0.15) is 6.54 Å². The topological polar surface area (TPSA) is 101 Å². The molecule has 31 heavy (non-hydrogen) atoms. The lowest BCUT2D eigenvalue weighted by atomic mass is 10.0. The number of nitrogens with zero attached hydrogens (tertiary/aromatic N) is 2. The molecule has 0 aliphatic rings. The van der Waals surface area contributed by atoms with E-state index >= 15 is 0 Å². The van der Waals surface area contributed by atoms with Crippen LogP contribution in [0.1, 0.15) is 15.9 Å². The second-order valence-electron chi connectivity index (χ2n) is 7.02. The van der Waals surface area contributed by atoms with E-state index in [1.807, 2.05) is 42.5 Å². The van der Waals surface area contributed by atoms with Gasteiger partial charge in [-0.2, -0.15) is 5.10 Å². The standard InChI is InChI=1S/C24H19N3O4/c28-22(25-14-16-8-10-18(11-9-16)24(30)31)15-27-23(29)13-12-21(26-27)20-7-3-5-17-4-1-2-6-19(17)20/h1-13H,14-15H2,(H,25,28)(H,30,31). The monoisotopic (exact) mass is 413 g/mol.